The van der Waals surface area contributed by atoms with Gasteiger partial charge in [-0.05, 0) is 94.5 Å². The fourth-order valence-corrected chi connectivity index (χ4v) is 5.70. The summed E-state index contributed by atoms with van der Waals surface area (Å²) in [7, 11) is 4.17. The van der Waals surface area contributed by atoms with Crippen molar-refractivity contribution in [3.05, 3.63) is 71.9 Å². The summed E-state index contributed by atoms with van der Waals surface area (Å²) in [5.41, 5.74) is 4.72. The molecule has 11 heteroatoms. The molecule has 2 aliphatic rings. The van der Waals surface area contributed by atoms with Crippen LogP contribution < -0.4 is 15.5 Å². The Labute approximate surface area is 251 Å². The first-order chi connectivity index (χ1) is 20.9. The highest BCUT2D eigenvalue weighted by molar-refractivity contribution is 6.00. The first-order valence-corrected chi connectivity index (χ1v) is 14.8. The average Bonchev–Trinajstić information content (AvgIpc) is 3.41. The number of benzene rings is 2. The van der Waals surface area contributed by atoms with Gasteiger partial charge in [0.2, 0.25) is 0 Å². The van der Waals surface area contributed by atoms with E-state index < -0.39 is 0 Å². The second-order valence-corrected chi connectivity index (χ2v) is 11.4. The van der Waals surface area contributed by atoms with Gasteiger partial charge < -0.3 is 30.1 Å². The summed E-state index contributed by atoms with van der Waals surface area (Å²) in [6.07, 6.45) is 1.95. The number of nitrogens with zero attached hydrogens (tertiary/aromatic N) is 6. The van der Waals surface area contributed by atoms with Crippen LogP contribution in [0.4, 0.5) is 22.0 Å². The zero-order chi connectivity index (χ0) is 29.9. The Morgan fingerprint density at radius 3 is 2.12 bits per heavy atom. The molecule has 43 heavy (non-hydrogen) atoms. The standard InChI is InChI=1S/C32H38N8O3/c1-22-4-13-28-30(38-18-20-43-21-19-38)35-29(36-40(22)28)23-5-9-25(10-6-23)33-32(42)34-26-11-7-24(8-12-26)31(41)39-16-14-27(15-17-39)37(2)3/h4-13,27H,14-21H2,1-3H3,(H2,33,34,42). The Bertz CT molecular complexity index is 1590. The third-order valence-electron chi connectivity index (χ3n) is 8.26. The number of likely N-dealkylation sites (tertiary alicyclic amines) is 1. The van der Waals surface area contributed by atoms with Gasteiger partial charge in [0.15, 0.2) is 11.6 Å². The number of hydrogen-bond acceptors (Lipinski definition) is 7. The van der Waals surface area contributed by atoms with Crippen LogP contribution in [-0.2, 0) is 4.74 Å². The highest BCUT2D eigenvalue weighted by Crippen LogP contribution is 2.27. The second kappa shape index (κ2) is 12.4. The SMILES string of the molecule is Cc1ccc2c(N3CCOCC3)nc(-c3ccc(NC(=O)Nc4ccc(C(=O)N5CCC(N(C)C)CC5)cc4)cc3)nn12. The number of anilines is 3. The molecule has 2 fully saturated rings. The van der Waals surface area contributed by atoms with E-state index in [0.29, 0.717) is 42.0 Å². The molecule has 0 bridgehead atoms. The molecule has 2 aliphatic heterocycles. The molecule has 224 valence electrons. The molecule has 11 nitrogen and oxygen atoms in total. The third kappa shape index (κ3) is 6.32. The van der Waals surface area contributed by atoms with E-state index in [4.69, 9.17) is 14.8 Å². The van der Waals surface area contributed by atoms with E-state index in [0.717, 1.165) is 61.6 Å². The summed E-state index contributed by atoms with van der Waals surface area (Å²) < 4.78 is 7.46. The zero-order valence-corrected chi connectivity index (χ0v) is 24.9. The van der Waals surface area contributed by atoms with Crippen molar-refractivity contribution in [1.82, 2.24) is 24.4 Å². The van der Waals surface area contributed by atoms with Crippen LogP contribution in [0.15, 0.2) is 60.7 Å². The molecule has 4 aromatic rings. The van der Waals surface area contributed by atoms with Gasteiger partial charge in [0, 0.05) is 60.4 Å². The lowest BCUT2D eigenvalue weighted by molar-refractivity contribution is 0.0663. The molecule has 2 N–H and O–H groups in total. The summed E-state index contributed by atoms with van der Waals surface area (Å²) in [5.74, 6) is 1.53. The van der Waals surface area contributed by atoms with E-state index in [1.54, 1.807) is 24.3 Å². The monoisotopic (exact) mass is 582 g/mol. The fourth-order valence-electron chi connectivity index (χ4n) is 5.70. The number of fused-ring (bicyclic) bond motifs is 1. The summed E-state index contributed by atoms with van der Waals surface area (Å²) in [6, 6.07) is 18.8. The lowest BCUT2D eigenvalue weighted by atomic mass is 10.0. The van der Waals surface area contributed by atoms with Crippen LogP contribution in [0.3, 0.4) is 0 Å². The highest BCUT2D eigenvalue weighted by Gasteiger charge is 2.25. The smallest absolute Gasteiger partial charge is 0.323 e. The molecule has 2 saturated heterocycles. The maximum atomic E-state index is 12.9. The average molecular weight is 583 g/mol. The molecule has 0 atom stereocenters. The molecular weight excluding hydrogens is 544 g/mol. The van der Waals surface area contributed by atoms with Crippen molar-refractivity contribution in [3.63, 3.8) is 0 Å². The first kappa shape index (κ1) is 28.6. The van der Waals surface area contributed by atoms with E-state index in [1.807, 2.05) is 46.7 Å². The van der Waals surface area contributed by atoms with Crippen LogP contribution in [0.5, 0.6) is 0 Å². The molecule has 0 spiro atoms. The van der Waals surface area contributed by atoms with Crippen molar-refractivity contribution in [3.8, 4) is 11.4 Å². The van der Waals surface area contributed by atoms with Crippen LogP contribution in [0.25, 0.3) is 16.9 Å². The largest absolute Gasteiger partial charge is 0.378 e. The Kier molecular flexibility index (Phi) is 8.26. The van der Waals surface area contributed by atoms with Gasteiger partial charge in [-0.1, -0.05) is 0 Å². The van der Waals surface area contributed by atoms with Gasteiger partial charge in [0.05, 0.1) is 13.2 Å². The van der Waals surface area contributed by atoms with Crippen LogP contribution >= 0.6 is 0 Å². The fraction of sp³-hybridized carbons (Fsp3) is 0.375. The Balaban J connectivity index is 1.08. The summed E-state index contributed by atoms with van der Waals surface area (Å²) in [6.45, 7) is 6.44. The molecule has 0 saturated carbocycles. The number of carbonyl (C=O) groups excluding carboxylic acids is 2. The number of urea groups is 1. The minimum Gasteiger partial charge on any atom is -0.378 e. The maximum absolute atomic E-state index is 12.9. The molecule has 6 rings (SSSR count). The summed E-state index contributed by atoms with van der Waals surface area (Å²) in [4.78, 5) is 37.0. The van der Waals surface area contributed by atoms with E-state index >= 15 is 0 Å². The first-order valence-electron chi connectivity index (χ1n) is 14.8. The Hall–Kier alpha value is -4.48. The normalized spacial score (nSPS) is 16.1. The summed E-state index contributed by atoms with van der Waals surface area (Å²) >= 11 is 0. The number of aromatic nitrogens is 3. The predicted octanol–water partition coefficient (Wildman–Crippen LogP) is 4.35. The quantitative estimate of drug-likeness (QED) is 0.348. The van der Waals surface area contributed by atoms with Gasteiger partial charge in [-0.25, -0.2) is 14.3 Å². The van der Waals surface area contributed by atoms with Crippen LogP contribution in [0.2, 0.25) is 0 Å². The Morgan fingerprint density at radius 1 is 0.860 bits per heavy atom. The van der Waals surface area contributed by atoms with E-state index in [9.17, 15) is 9.59 Å². The minimum absolute atomic E-state index is 0.0282. The molecular formula is C32H38N8O3. The molecule has 0 aliphatic carbocycles. The van der Waals surface area contributed by atoms with Crippen molar-refractivity contribution >= 4 is 34.6 Å². The summed E-state index contributed by atoms with van der Waals surface area (Å²) in [5, 5.41) is 10.5. The van der Waals surface area contributed by atoms with Gasteiger partial charge in [-0.2, -0.15) is 0 Å². The second-order valence-electron chi connectivity index (χ2n) is 11.4. The minimum atomic E-state index is -0.368. The van der Waals surface area contributed by atoms with Crippen molar-refractivity contribution in [2.45, 2.75) is 25.8 Å². The van der Waals surface area contributed by atoms with E-state index in [2.05, 4.69) is 40.6 Å². The number of nitrogens with one attached hydrogen (secondary N) is 2. The predicted molar refractivity (Wildman–Crippen MR) is 168 cm³/mol. The molecule has 0 unspecified atom stereocenters. The number of piperidine rings is 1. The molecule has 2 aromatic carbocycles. The highest BCUT2D eigenvalue weighted by atomic mass is 16.5. The van der Waals surface area contributed by atoms with E-state index in [1.165, 1.54) is 0 Å². The molecule has 4 heterocycles. The third-order valence-corrected chi connectivity index (χ3v) is 8.26. The van der Waals surface area contributed by atoms with Crippen molar-refractivity contribution in [2.75, 3.05) is 69.0 Å². The topological polar surface area (TPSA) is 107 Å². The van der Waals surface area contributed by atoms with Crippen molar-refractivity contribution in [2.24, 2.45) is 0 Å². The lowest BCUT2D eigenvalue weighted by Gasteiger charge is -2.35. The van der Waals surface area contributed by atoms with Gasteiger partial charge in [-0.15, -0.1) is 5.10 Å². The molecule has 3 amide bonds. The number of rotatable bonds is 6. The van der Waals surface area contributed by atoms with Gasteiger partial charge in [-0.3, -0.25) is 4.79 Å². The maximum Gasteiger partial charge on any atom is 0.323 e. The Morgan fingerprint density at radius 2 is 1.49 bits per heavy atom. The van der Waals surface area contributed by atoms with Crippen molar-refractivity contribution < 1.29 is 14.3 Å². The number of amides is 3. The van der Waals surface area contributed by atoms with Crippen molar-refractivity contribution in [1.29, 1.82) is 0 Å². The lowest BCUT2D eigenvalue weighted by Crippen LogP contribution is -2.44. The van der Waals surface area contributed by atoms with Gasteiger partial charge in [0.1, 0.15) is 5.52 Å². The molecule has 2 aromatic heterocycles. The van der Waals surface area contributed by atoms with E-state index in [-0.39, 0.29) is 11.9 Å². The molecule has 0 radical (unpaired) electrons. The van der Waals surface area contributed by atoms with Crippen LogP contribution in [0, 0.1) is 6.92 Å². The van der Waals surface area contributed by atoms with Gasteiger partial charge in [0.25, 0.3) is 5.91 Å². The van der Waals surface area contributed by atoms with Gasteiger partial charge >= 0.3 is 6.03 Å². The number of morpholine rings is 1. The number of hydrogen-bond donors (Lipinski definition) is 2. The number of ether oxygens (including phenoxy) is 1. The number of carbonyl (C=O) groups is 2. The number of aryl methyl sites for hydroxylation is 1. The zero-order valence-electron chi connectivity index (χ0n) is 24.9. The van der Waals surface area contributed by atoms with Crippen LogP contribution in [0.1, 0.15) is 28.9 Å². The van der Waals surface area contributed by atoms with Crippen LogP contribution in [-0.4, -0.2) is 95.9 Å².